The monoisotopic (exact) mass is 285 g/mol. The Morgan fingerprint density at radius 1 is 1.29 bits per heavy atom. The summed E-state index contributed by atoms with van der Waals surface area (Å²) in [5, 5.41) is 19.7. The minimum absolute atomic E-state index is 0.0767. The zero-order chi connectivity index (χ0) is 15.8. The highest BCUT2D eigenvalue weighted by atomic mass is 16.5. The summed E-state index contributed by atoms with van der Waals surface area (Å²) in [7, 11) is 1.43. The number of nitrogens with zero attached hydrogens (tertiary/aromatic N) is 2. The third-order valence-corrected chi connectivity index (χ3v) is 2.96. The van der Waals surface area contributed by atoms with E-state index < -0.39 is 23.7 Å². The number of carbonyl (C=O) groups is 2. The standard InChI is InChI=1S/C15H15N3O3/c1-10(11(8-16)9-17)7-14(19)18-15(20)12-5-3-4-6-13(12)21-2/h3-6,10-11H,7H2,1-2H3,(H,18,19,20)/t10-/m1/s1. The molecule has 0 spiro atoms. The summed E-state index contributed by atoms with van der Waals surface area (Å²) in [4.78, 5) is 23.8. The summed E-state index contributed by atoms with van der Waals surface area (Å²) in [5.41, 5.74) is 0.248. The van der Waals surface area contributed by atoms with Gasteiger partial charge in [-0.05, 0) is 18.1 Å². The Bertz CT molecular complexity index is 599. The number of rotatable bonds is 5. The fourth-order valence-electron chi connectivity index (χ4n) is 1.77. The summed E-state index contributed by atoms with van der Waals surface area (Å²) in [5.74, 6) is -2.07. The van der Waals surface area contributed by atoms with E-state index in [0.29, 0.717) is 5.75 Å². The van der Waals surface area contributed by atoms with Gasteiger partial charge in [-0.3, -0.25) is 14.9 Å². The second-order valence-electron chi connectivity index (χ2n) is 4.49. The van der Waals surface area contributed by atoms with Crippen LogP contribution in [-0.2, 0) is 4.79 Å². The van der Waals surface area contributed by atoms with Crippen molar-refractivity contribution in [3.63, 3.8) is 0 Å². The first-order chi connectivity index (χ1) is 10.0. The van der Waals surface area contributed by atoms with Gasteiger partial charge in [0.05, 0.1) is 24.8 Å². The van der Waals surface area contributed by atoms with E-state index in [1.165, 1.54) is 13.2 Å². The Morgan fingerprint density at radius 3 is 2.48 bits per heavy atom. The number of nitriles is 2. The average molecular weight is 285 g/mol. The zero-order valence-corrected chi connectivity index (χ0v) is 11.8. The number of amides is 2. The molecule has 108 valence electrons. The summed E-state index contributed by atoms with van der Waals surface area (Å²) in [6, 6.07) is 10.2. The Labute approximate surface area is 122 Å². The SMILES string of the molecule is COc1ccccc1C(=O)NC(=O)C[C@@H](C)C(C#N)C#N. The predicted molar refractivity (Wildman–Crippen MR) is 74.0 cm³/mol. The number of benzene rings is 1. The first-order valence-electron chi connectivity index (χ1n) is 6.30. The van der Waals surface area contributed by atoms with Crippen molar-refractivity contribution in [1.29, 1.82) is 10.5 Å². The Hall–Kier alpha value is -2.86. The molecule has 1 atom stereocenters. The number of hydrogen-bond acceptors (Lipinski definition) is 5. The molecular formula is C15H15N3O3. The van der Waals surface area contributed by atoms with Crippen LogP contribution in [-0.4, -0.2) is 18.9 Å². The van der Waals surface area contributed by atoms with Crippen LogP contribution in [0.1, 0.15) is 23.7 Å². The molecule has 0 unspecified atom stereocenters. The number of carbonyl (C=O) groups excluding carboxylic acids is 2. The maximum atomic E-state index is 12.0. The number of imide groups is 1. The maximum Gasteiger partial charge on any atom is 0.261 e. The molecule has 1 aromatic carbocycles. The molecule has 0 saturated carbocycles. The number of nitrogens with one attached hydrogen (secondary N) is 1. The minimum atomic E-state index is -0.878. The summed E-state index contributed by atoms with van der Waals surface area (Å²) >= 11 is 0. The van der Waals surface area contributed by atoms with Gasteiger partial charge in [-0.1, -0.05) is 19.1 Å². The second-order valence-corrected chi connectivity index (χ2v) is 4.49. The normalized spacial score (nSPS) is 11.1. The molecule has 0 aliphatic carbocycles. The Balaban J connectivity index is 2.69. The van der Waals surface area contributed by atoms with Crippen molar-refractivity contribution in [3.8, 4) is 17.9 Å². The van der Waals surface area contributed by atoms with Crippen LogP contribution in [0.3, 0.4) is 0 Å². The molecule has 0 radical (unpaired) electrons. The van der Waals surface area contributed by atoms with Gasteiger partial charge in [0.25, 0.3) is 5.91 Å². The topological polar surface area (TPSA) is 103 Å². The van der Waals surface area contributed by atoms with Crippen molar-refractivity contribution in [2.45, 2.75) is 13.3 Å². The van der Waals surface area contributed by atoms with Crippen molar-refractivity contribution in [2.75, 3.05) is 7.11 Å². The lowest BCUT2D eigenvalue weighted by molar-refractivity contribution is -0.121. The summed E-state index contributed by atoms with van der Waals surface area (Å²) < 4.78 is 5.04. The molecule has 1 N–H and O–H groups in total. The van der Waals surface area contributed by atoms with E-state index in [0.717, 1.165) is 0 Å². The van der Waals surface area contributed by atoms with Crippen LogP contribution in [0, 0.1) is 34.5 Å². The van der Waals surface area contributed by atoms with Crippen molar-refractivity contribution < 1.29 is 14.3 Å². The molecule has 0 bridgehead atoms. The van der Waals surface area contributed by atoms with Gasteiger partial charge in [0, 0.05) is 6.42 Å². The van der Waals surface area contributed by atoms with Gasteiger partial charge in [-0.2, -0.15) is 10.5 Å². The zero-order valence-electron chi connectivity index (χ0n) is 11.8. The van der Waals surface area contributed by atoms with Crippen molar-refractivity contribution in [3.05, 3.63) is 29.8 Å². The highest BCUT2D eigenvalue weighted by Gasteiger charge is 2.21. The van der Waals surface area contributed by atoms with Crippen LogP contribution < -0.4 is 10.1 Å². The number of hydrogen-bond donors (Lipinski definition) is 1. The van der Waals surface area contributed by atoms with Gasteiger partial charge in [-0.25, -0.2) is 0 Å². The van der Waals surface area contributed by atoms with Crippen molar-refractivity contribution >= 4 is 11.8 Å². The lowest BCUT2D eigenvalue weighted by atomic mass is 9.93. The molecule has 0 heterocycles. The minimum Gasteiger partial charge on any atom is -0.496 e. The van der Waals surface area contributed by atoms with Crippen molar-refractivity contribution in [2.24, 2.45) is 11.8 Å². The molecular weight excluding hydrogens is 270 g/mol. The van der Waals surface area contributed by atoms with Crippen LogP contribution in [0.5, 0.6) is 5.75 Å². The third kappa shape index (κ3) is 4.32. The first-order valence-corrected chi connectivity index (χ1v) is 6.30. The maximum absolute atomic E-state index is 12.0. The fourth-order valence-corrected chi connectivity index (χ4v) is 1.77. The van der Waals surface area contributed by atoms with E-state index >= 15 is 0 Å². The molecule has 0 aliphatic heterocycles. The lowest BCUT2D eigenvalue weighted by Gasteiger charge is -2.12. The van der Waals surface area contributed by atoms with Gasteiger partial charge in [-0.15, -0.1) is 0 Å². The second kappa shape index (κ2) is 7.66. The van der Waals surface area contributed by atoms with Gasteiger partial charge >= 0.3 is 0 Å². The van der Waals surface area contributed by atoms with E-state index in [1.807, 2.05) is 12.1 Å². The van der Waals surface area contributed by atoms with Crippen molar-refractivity contribution in [1.82, 2.24) is 5.32 Å². The van der Waals surface area contributed by atoms with Gasteiger partial charge in [0.1, 0.15) is 11.7 Å². The summed E-state index contributed by atoms with van der Waals surface area (Å²) in [6.07, 6.45) is -0.0767. The quantitative estimate of drug-likeness (QED) is 0.885. The highest BCUT2D eigenvalue weighted by Crippen LogP contribution is 2.17. The Kier molecular flexibility index (Phi) is 5.91. The van der Waals surface area contributed by atoms with Crippen LogP contribution in [0.15, 0.2) is 24.3 Å². The van der Waals surface area contributed by atoms with Crippen LogP contribution >= 0.6 is 0 Å². The molecule has 0 aliphatic rings. The molecule has 0 saturated heterocycles. The van der Waals surface area contributed by atoms with E-state index in [9.17, 15) is 9.59 Å². The number of ether oxygens (including phenoxy) is 1. The van der Waals surface area contributed by atoms with Crippen LogP contribution in [0.4, 0.5) is 0 Å². The highest BCUT2D eigenvalue weighted by molar-refractivity contribution is 6.06. The van der Waals surface area contributed by atoms with E-state index in [4.69, 9.17) is 15.3 Å². The molecule has 6 heteroatoms. The van der Waals surface area contributed by atoms with Gasteiger partial charge in [0.2, 0.25) is 5.91 Å². The largest absolute Gasteiger partial charge is 0.496 e. The molecule has 1 aromatic rings. The molecule has 2 amide bonds. The third-order valence-electron chi connectivity index (χ3n) is 2.96. The summed E-state index contributed by atoms with van der Waals surface area (Å²) in [6.45, 7) is 1.62. The number of para-hydroxylation sites is 1. The van der Waals surface area contributed by atoms with E-state index in [2.05, 4.69) is 5.32 Å². The first kappa shape index (κ1) is 16.2. The Morgan fingerprint density at radius 2 is 1.90 bits per heavy atom. The number of methoxy groups -OCH3 is 1. The predicted octanol–water partition coefficient (Wildman–Crippen LogP) is 1.64. The van der Waals surface area contributed by atoms with Gasteiger partial charge in [0.15, 0.2) is 0 Å². The van der Waals surface area contributed by atoms with Gasteiger partial charge < -0.3 is 4.74 Å². The molecule has 1 rings (SSSR count). The average Bonchev–Trinajstić information content (AvgIpc) is 2.48. The molecule has 21 heavy (non-hydrogen) atoms. The lowest BCUT2D eigenvalue weighted by Crippen LogP contribution is -2.32. The molecule has 6 nitrogen and oxygen atoms in total. The smallest absolute Gasteiger partial charge is 0.261 e. The fraction of sp³-hybridized carbons (Fsp3) is 0.333. The van der Waals surface area contributed by atoms with Crippen LogP contribution in [0.2, 0.25) is 0 Å². The molecule has 0 aromatic heterocycles. The molecule has 0 fully saturated rings. The van der Waals surface area contributed by atoms with Crippen LogP contribution in [0.25, 0.3) is 0 Å². The van der Waals surface area contributed by atoms with E-state index in [-0.39, 0.29) is 12.0 Å². The van der Waals surface area contributed by atoms with E-state index in [1.54, 1.807) is 25.1 Å².